The fraction of sp³-hybridized carbons (Fsp3) is 0. The van der Waals surface area contributed by atoms with Crippen molar-refractivity contribution in [2.75, 3.05) is 0 Å². The summed E-state index contributed by atoms with van der Waals surface area (Å²) in [6, 6.07) is 67.8. The van der Waals surface area contributed by atoms with Crippen LogP contribution in [0.3, 0.4) is 0 Å². The van der Waals surface area contributed by atoms with Crippen LogP contribution >= 0.6 is 0 Å². The van der Waals surface area contributed by atoms with Gasteiger partial charge in [-0.3, -0.25) is 8.97 Å². The van der Waals surface area contributed by atoms with Crippen molar-refractivity contribution in [1.82, 2.24) is 33.5 Å². The summed E-state index contributed by atoms with van der Waals surface area (Å²) in [5.41, 5.74) is 11.4. The minimum Gasteiger partial charge on any atom is -0.309 e. The van der Waals surface area contributed by atoms with Crippen molar-refractivity contribution in [2.24, 2.45) is 0 Å². The van der Waals surface area contributed by atoms with Gasteiger partial charge in [-0.15, -0.1) is 0 Å². The van der Waals surface area contributed by atoms with Crippen molar-refractivity contribution in [1.29, 1.82) is 0 Å². The van der Waals surface area contributed by atoms with E-state index in [0.29, 0.717) is 23.2 Å². The van der Waals surface area contributed by atoms with Gasteiger partial charge in [-0.2, -0.15) is 0 Å². The highest BCUT2D eigenvalue weighted by molar-refractivity contribution is 6.12. The van der Waals surface area contributed by atoms with Gasteiger partial charge in [-0.05, 0) is 71.8 Å². The van der Waals surface area contributed by atoms with Crippen LogP contribution in [0.1, 0.15) is 0 Å². The van der Waals surface area contributed by atoms with Crippen LogP contribution in [-0.2, 0) is 0 Å². The summed E-state index contributed by atoms with van der Waals surface area (Å²) in [6.45, 7) is 0. The zero-order valence-electron chi connectivity index (χ0n) is 31.7. The first kappa shape index (κ1) is 33.0. The molecule has 12 aromatic rings. The highest BCUT2D eigenvalue weighted by Crippen LogP contribution is 2.39. The molecule has 0 unspecified atom stereocenters. The maximum Gasteiger partial charge on any atom is 0.220 e. The summed E-state index contributed by atoms with van der Waals surface area (Å²) in [7, 11) is 0. The molecule has 0 atom stereocenters. The van der Waals surface area contributed by atoms with Gasteiger partial charge in [0.25, 0.3) is 0 Å². The van der Waals surface area contributed by atoms with E-state index < -0.39 is 0 Å². The Morgan fingerprint density at radius 1 is 0.305 bits per heavy atom. The molecule has 0 saturated heterocycles. The van der Waals surface area contributed by atoms with E-state index in [1.165, 1.54) is 27.4 Å². The zero-order chi connectivity index (χ0) is 38.9. The molecule has 5 aromatic heterocycles. The molecule has 0 amide bonds. The summed E-state index contributed by atoms with van der Waals surface area (Å²) in [6.07, 6.45) is 2.06. The molecule has 0 aliphatic heterocycles. The Balaban J connectivity index is 1.04. The lowest BCUT2D eigenvalue weighted by molar-refractivity contribution is 0.980. The molecule has 0 spiro atoms. The Morgan fingerprint density at radius 2 is 0.763 bits per heavy atom. The van der Waals surface area contributed by atoms with Crippen LogP contribution in [0, 0.1) is 0 Å². The Kier molecular flexibility index (Phi) is 7.40. The maximum atomic E-state index is 5.41. The smallest absolute Gasteiger partial charge is 0.220 e. The molecule has 7 aromatic carbocycles. The van der Waals surface area contributed by atoms with Gasteiger partial charge in [0.2, 0.25) is 5.95 Å². The summed E-state index contributed by atoms with van der Waals surface area (Å²) in [5, 5.41) is 4.76. The quantitative estimate of drug-likeness (QED) is 0.169. The molecule has 0 fully saturated rings. The van der Waals surface area contributed by atoms with Gasteiger partial charge in [0.05, 0.1) is 27.6 Å². The lowest BCUT2D eigenvalue weighted by atomic mass is 10.0. The first-order chi connectivity index (χ1) is 29.3. The predicted octanol–water partition coefficient (Wildman–Crippen LogP) is 12.4. The topological polar surface area (TPSA) is 65.8 Å². The Labute approximate surface area is 338 Å². The molecule has 0 aliphatic rings. The van der Waals surface area contributed by atoms with Gasteiger partial charge < -0.3 is 4.57 Å². The summed E-state index contributed by atoms with van der Waals surface area (Å²) in [4.78, 5) is 20.5. The van der Waals surface area contributed by atoms with Gasteiger partial charge in [0.1, 0.15) is 5.69 Å². The van der Waals surface area contributed by atoms with E-state index in [1.54, 1.807) is 0 Å². The molecular formula is C52H33N7. The van der Waals surface area contributed by atoms with Crippen LogP contribution in [0.25, 0.3) is 106 Å². The second kappa shape index (κ2) is 13.2. The van der Waals surface area contributed by atoms with Crippen molar-refractivity contribution in [3.05, 3.63) is 200 Å². The Bertz CT molecular complexity index is 3490. The van der Waals surface area contributed by atoms with Gasteiger partial charge in [-0.25, -0.2) is 19.9 Å². The molecular weight excluding hydrogens is 723 g/mol. The third-order valence-corrected chi connectivity index (χ3v) is 11.3. The minimum absolute atomic E-state index is 0.514. The molecule has 12 rings (SSSR count). The van der Waals surface area contributed by atoms with Crippen LogP contribution in [-0.4, -0.2) is 33.5 Å². The van der Waals surface area contributed by atoms with Crippen LogP contribution in [0.2, 0.25) is 0 Å². The van der Waals surface area contributed by atoms with Gasteiger partial charge >= 0.3 is 0 Å². The van der Waals surface area contributed by atoms with Crippen LogP contribution < -0.4 is 0 Å². The average molecular weight is 756 g/mol. The molecule has 59 heavy (non-hydrogen) atoms. The molecule has 0 bridgehead atoms. The van der Waals surface area contributed by atoms with Crippen molar-refractivity contribution >= 4 is 49.1 Å². The van der Waals surface area contributed by atoms with E-state index in [0.717, 1.165) is 55.6 Å². The monoisotopic (exact) mass is 755 g/mol. The predicted molar refractivity (Wildman–Crippen MR) is 239 cm³/mol. The fourth-order valence-corrected chi connectivity index (χ4v) is 8.63. The van der Waals surface area contributed by atoms with Crippen LogP contribution in [0.5, 0.6) is 0 Å². The van der Waals surface area contributed by atoms with Gasteiger partial charge in [0, 0.05) is 44.6 Å². The number of rotatable bonds is 6. The second-order valence-corrected chi connectivity index (χ2v) is 14.8. The number of hydrogen-bond acceptors (Lipinski definition) is 4. The van der Waals surface area contributed by atoms with E-state index >= 15 is 0 Å². The number of benzene rings is 7. The molecule has 7 nitrogen and oxygen atoms in total. The average Bonchev–Trinajstić information content (AvgIpc) is 3.97. The molecule has 5 heterocycles. The van der Waals surface area contributed by atoms with E-state index in [9.17, 15) is 0 Å². The lowest BCUT2D eigenvalue weighted by Crippen LogP contribution is -2.01. The Morgan fingerprint density at radius 3 is 1.37 bits per heavy atom. The maximum absolute atomic E-state index is 5.41. The highest BCUT2D eigenvalue weighted by atomic mass is 15.2. The van der Waals surface area contributed by atoms with E-state index in [-0.39, 0.29) is 0 Å². The Hall–Kier alpha value is -8.16. The van der Waals surface area contributed by atoms with Crippen molar-refractivity contribution in [3.8, 4) is 57.1 Å². The van der Waals surface area contributed by atoms with Gasteiger partial charge in [-0.1, -0.05) is 133 Å². The molecule has 0 radical (unpaired) electrons. The largest absolute Gasteiger partial charge is 0.309 e. The van der Waals surface area contributed by atoms with Crippen molar-refractivity contribution < 1.29 is 0 Å². The summed E-state index contributed by atoms with van der Waals surface area (Å²) < 4.78 is 6.76. The number of aromatic nitrogens is 7. The molecule has 276 valence electrons. The highest BCUT2D eigenvalue weighted by Gasteiger charge is 2.23. The number of fused-ring (bicyclic) bond motifs is 7. The number of nitrogens with zero attached hydrogens (tertiary/aromatic N) is 7. The van der Waals surface area contributed by atoms with Crippen molar-refractivity contribution in [3.63, 3.8) is 0 Å². The van der Waals surface area contributed by atoms with Crippen LogP contribution in [0.15, 0.2) is 200 Å². The number of pyridine rings is 1. The molecule has 0 N–H and O–H groups in total. The summed E-state index contributed by atoms with van der Waals surface area (Å²) >= 11 is 0. The first-order valence-corrected chi connectivity index (χ1v) is 19.7. The van der Waals surface area contributed by atoms with E-state index in [1.807, 2.05) is 72.8 Å². The van der Waals surface area contributed by atoms with Crippen molar-refractivity contribution in [2.45, 2.75) is 0 Å². The zero-order valence-corrected chi connectivity index (χ0v) is 31.7. The first-order valence-electron chi connectivity index (χ1n) is 19.7. The third-order valence-electron chi connectivity index (χ3n) is 11.3. The van der Waals surface area contributed by atoms with Crippen LogP contribution in [0.4, 0.5) is 0 Å². The van der Waals surface area contributed by atoms with E-state index in [2.05, 4.69) is 141 Å². The third kappa shape index (κ3) is 5.29. The number of para-hydroxylation sites is 3. The number of hydrogen-bond donors (Lipinski definition) is 0. The van der Waals surface area contributed by atoms with Gasteiger partial charge in [0.15, 0.2) is 17.5 Å². The normalized spacial score (nSPS) is 11.7. The summed E-state index contributed by atoms with van der Waals surface area (Å²) in [5.74, 6) is 2.47. The lowest BCUT2D eigenvalue weighted by Gasteiger charge is -2.09. The number of imidazole rings is 1. The molecule has 0 aliphatic carbocycles. The molecule has 7 heteroatoms. The second-order valence-electron chi connectivity index (χ2n) is 14.8. The minimum atomic E-state index is 0.514. The molecule has 0 saturated carbocycles. The fourth-order valence-electron chi connectivity index (χ4n) is 8.63. The SMILES string of the molecule is c1ccc(-c2nc(-c3ccccc3)nc(-c3nc(-n4c5ccccc5c5cc(-c6ccc7c(c6)c6ccccc6n7-c6ccccc6)ccc54)n4ccccc34)n2)cc1. The van der Waals surface area contributed by atoms with E-state index in [4.69, 9.17) is 19.9 Å². The standard InChI is InChI=1S/C52H33N7/c1-4-16-34(17-5-1)49-54-50(35-18-6-2-7-19-35)56-51(55-49)48-47-26-14-15-31-57(47)52(53-48)59-44-25-13-11-23-40(44)42-33-37(28-30-46(42)59)36-27-29-45-41(32-36)39-22-10-12-24-43(39)58(45)38-20-8-3-9-21-38/h1-33H.